The zero-order valence-corrected chi connectivity index (χ0v) is 8.22. The average molecular weight is 272 g/mol. The highest BCUT2D eigenvalue weighted by Crippen LogP contribution is 2.16. The molecule has 0 aliphatic rings. The van der Waals surface area contributed by atoms with Crippen molar-refractivity contribution in [3.05, 3.63) is 30.1 Å². The molecule has 0 N–H and O–H groups in total. The lowest BCUT2D eigenvalue weighted by Crippen LogP contribution is -1.87. The third-order valence-corrected chi connectivity index (χ3v) is 2.65. The summed E-state index contributed by atoms with van der Waals surface area (Å²) in [6.45, 7) is 0. The van der Waals surface area contributed by atoms with Crippen molar-refractivity contribution in [3.63, 3.8) is 0 Å². The first-order valence-electron chi connectivity index (χ1n) is 3.42. The number of carbonyl (C=O) groups excluding carboxylic acids is 1. The average Bonchev–Trinajstić information content (AvgIpc) is 2.44. The van der Waals surface area contributed by atoms with E-state index in [4.69, 9.17) is 0 Å². The highest BCUT2D eigenvalue weighted by molar-refractivity contribution is 14.1. The van der Waals surface area contributed by atoms with E-state index in [9.17, 15) is 4.79 Å². The first kappa shape index (κ1) is 7.72. The fourth-order valence-corrected chi connectivity index (χ4v) is 1.72. The fraction of sp³-hybridized carbons (Fsp3) is 0. The van der Waals surface area contributed by atoms with E-state index in [-0.39, 0.29) is 0 Å². The molecule has 2 aromatic rings. The molecule has 0 atom stereocenters. The third-order valence-electron chi connectivity index (χ3n) is 1.63. The molecule has 4 heteroatoms. The molecule has 0 unspecified atom stereocenters. The monoisotopic (exact) mass is 272 g/mol. The smallest absolute Gasteiger partial charge is 0.186 e. The highest BCUT2D eigenvalue weighted by atomic mass is 127. The van der Waals surface area contributed by atoms with E-state index < -0.39 is 0 Å². The molecule has 0 radical (unpaired) electrons. The first-order chi connectivity index (χ1) is 5.83. The van der Waals surface area contributed by atoms with Gasteiger partial charge >= 0.3 is 0 Å². The van der Waals surface area contributed by atoms with E-state index in [1.165, 1.54) is 0 Å². The van der Waals surface area contributed by atoms with Gasteiger partial charge in [0.2, 0.25) is 0 Å². The van der Waals surface area contributed by atoms with Gasteiger partial charge in [-0.05, 0) is 12.1 Å². The molecule has 0 amide bonds. The lowest BCUT2D eigenvalue weighted by Gasteiger charge is -1.90. The van der Waals surface area contributed by atoms with Crippen molar-refractivity contribution < 1.29 is 4.79 Å². The molecular weight excluding hydrogens is 267 g/mol. The Morgan fingerprint density at radius 1 is 1.42 bits per heavy atom. The van der Waals surface area contributed by atoms with Crippen LogP contribution in [0.3, 0.4) is 0 Å². The molecule has 3 nitrogen and oxygen atoms in total. The molecule has 2 rings (SSSR count). The number of benzene rings is 1. The molecule has 0 bridgehead atoms. The number of imidazole rings is 1. The quantitative estimate of drug-likeness (QED) is 0.588. The third kappa shape index (κ3) is 1.03. The summed E-state index contributed by atoms with van der Waals surface area (Å²) in [4.78, 5) is 14.6. The van der Waals surface area contributed by atoms with Crippen molar-refractivity contribution in [1.82, 2.24) is 7.76 Å². The van der Waals surface area contributed by atoms with Crippen molar-refractivity contribution in [2.24, 2.45) is 0 Å². The Morgan fingerprint density at radius 3 is 2.83 bits per heavy atom. The molecule has 0 aliphatic carbocycles. The Hall–Kier alpha value is -0.910. The van der Waals surface area contributed by atoms with Crippen molar-refractivity contribution in [3.8, 4) is 0 Å². The number of carbonyl (C=O) groups is 1. The van der Waals surface area contributed by atoms with Gasteiger partial charge in [-0.3, -0.25) is 7.58 Å². The summed E-state index contributed by atoms with van der Waals surface area (Å²) >= 11 is 2.06. The van der Waals surface area contributed by atoms with E-state index in [2.05, 4.69) is 27.8 Å². The second-order valence-electron chi connectivity index (χ2n) is 2.36. The number of rotatable bonds is 1. The summed E-state index contributed by atoms with van der Waals surface area (Å²) in [6, 6.07) is 7.65. The van der Waals surface area contributed by atoms with Gasteiger partial charge in [-0.15, -0.1) is 0 Å². The van der Waals surface area contributed by atoms with Gasteiger partial charge in [0, 0.05) is 0 Å². The van der Waals surface area contributed by atoms with Crippen LogP contribution in [-0.4, -0.2) is 14.1 Å². The van der Waals surface area contributed by atoms with E-state index in [0.717, 1.165) is 17.3 Å². The van der Waals surface area contributed by atoms with Crippen molar-refractivity contribution in [1.29, 1.82) is 0 Å². The Bertz CT molecular complexity index is 436. The number of hydrogen-bond acceptors (Lipinski definition) is 2. The van der Waals surface area contributed by atoms with Crippen LogP contribution in [0.1, 0.15) is 10.6 Å². The molecule has 1 aromatic heterocycles. The predicted molar refractivity (Wildman–Crippen MR) is 54.5 cm³/mol. The Balaban J connectivity index is 2.87. The van der Waals surface area contributed by atoms with Gasteiger partial charge < -0.3 is 0 Å². The standard InChI is InChI=1S/C8H5IN2O/c9-11-7-4-2-1-3-6(7)10-8(11)5-12/h1-5H. The van der Waals surface area contributed by atoms with Crippen LogP contribution in [0.4, 0.5) is 0 Å². The number of para-hydroxylation sites is 2. The second kappa shape index (κ2) is 2.85. The Kier molecular flexibility index (Phi) is 1.84. The van der Waals surface area contributed by atoms with Crippen LogP contribution in [0.5, 0.6) is 0 Å². The number of fused-ring (bicyclic) bond motifs is 1. The van der Waals surface area contributed by atoms with Crippen LogP contribution in [-0.2, 0) is 0 Å². The first-order valence-corrected chi connectivity index (χ1v) is 4.38. The van der Waals surface area contributed by atoms with Gasteiger partial charge in [0.25, 0.3) is 0 Å². The van der Waals surface area contributed by atoms with Crippen molar-refractivity contribution in [2.75, 3.05) is 0 Å². The largest absolute Gasteiger partial charge is 0.294 e. The summed E-state index contributed by atoms with van der Waals surface area (Å²) in [7, 11) is 0. The summed E-state index contributed by atoms with van der Waals surface area (Å²) in [5, 5.41) is 0. The number of hydrogen-bond donors (Lipinski definition) is 0. The molecule has 60 valence electrons. The number of nitrogens with zero attached hydrogens (tertiary/aromatic N) is 2. The van der Waals surface area contributed by atoms with Crippen LogP contribution >= 0.6 is 22.9 Å². The van der Waals surface area contributed by atoms with Crippen LogP contribution in [0.2, 0.25) is 0 Å². The van der Waals surface area contributed by atoms with Crippen LogP contribution in [0, 0.1) is 0 Å². The van der Waals surface area contributed by atoms with Gasteiger partial charge in [0.05, 0.1) is 33.9 Å². The van der Waals surface area contributed by atoms with E-state index >= 15 is 0 Å². The Labute approximate surface area is 82.9 Å². The van der Waals surface area contributed by atoms with E-state index in [1.54, 1.807) is 2.78 Å². The normalized spacial score (nSPS) is 10.4. The molecule has 0 fully saturated rings. The van der Waals surface area contributed by atoms with Gasteiger partial charge in [-0.25, -0.2) is 4.98 Å². The van der Waals surface area contributed by atoms with Crippen LogP contribution < -0.4 is 0 Å². The zero-order valence-electron chi connectivity index (χ0n) is 6.07. The number of halogens is 1. The van der Waals surface area contributed by atoms with Gasteiger partial charge in [-0.1, -0.05) is 12.1 Å². The molecule has 12 heavy (non-hydrogen) atoms. The summed E-state index contributed by atoms with van der Waals surface area (Å²) in [5.41, 5.74) is 1.83. The molecular formula is C8H5IN2O. The fourth-order valence-electron chi connectivity index (χ4n) is 1.09. The van der Waals surface area contributed by atoms with Gasteiger partial charge in [0.15, 0.2) is 12.1 Å². The minimum Gasteiger partial charge on any atom is -0.294 e. The maximum atomic E-state index is 10.5. The van der Waals surface area contributed by atoms with E-state index in [1.807, 2.05) is 24.3 Å². The van der Waals surface area contributed by atoms with Crippen LogP contribution in [0.25, 0.3) is 11.0 Å². The lowest BCUT2D eigenvalue weighted by atomic mass is 10.3. The minimum atomic E-state index is 0.455. The van der Waals surface area contributed by atoms with Crippen LogP contribution in [0.15, 0.2) is 24.3 Å². The lowest BCUT2D eigenvalue weighted by molar-refractivity contribution is 0.111. The van der Waals surface area contributed by atoms with E-state index in [0.29, 0.717) is 5.82 Å². The van der Waals surface area contributed by atoms with Crippen molar-refractivity contribution in [2.45, 2.75) is 0 Å². The van der Waals surface area contributed by atoms with Gasteiger partial charge in [-0.2, -0.15) is 0 Å². The molecule has 0 saturated heterocycles. The van der Waals surface area contributed by atoms with Gasteiger partial charge in [0.1, 0.15) is 0 Å². The molecule has 0 spiro atoms. The maximum Gasteiger partial charge on any atom is 0.186 e. The molecule has 0 aliphatic heterocycles. The Morgan fingerprint density at radius 2 is 2.17 bits per heavy atom. The second-order valence-corrected chi connectivity index (χ2v) is 3.32. The summed E-state index contributed by atoms with van der Waals surface area (Å²) < 4.78 is 1.75. The molecule has 0 saturated carbocycles. The molecule has 1 aromatic carbocycles. The summed E-state index contributed by atoms with van der Waals surface area (Å²) in [6.07, 6.45) is 0.756. The highest BCUT2D eigenvalue weighted by Gasteiger charge is 2.05. The topological polar surface area (TPSA) is 34.9 Å². The molecule has 1 heterocycles. The SMILES string of the molecule is O=Cc1nc2ccccc2n1I. The predicted octanol–water partition coefficient (Wildman–Crippen LogP) is 2.05. The minimum absolute atomic E-state index is 0.455. The maximum absolute atomic E-state index is 10.5. The summed E-state index contributed by atoms with van der Waals surface area (Å²) in [5.74, 6) is 0.455. The zero-order chi connectivity index (χ0) is 8.55. The van der Waals surface area contributed by atoms with Crippen molar-refractivity contribution >= 4 is 40.2 Å². The number of aromatic nitrogens is 2. The number of aldehydes is 1.